The van der Waals surface area contributed by atoms with Crippen molar-refractivity contribution in [1.29, 1.82) is 0 Å². The zero-order valence-electron chi connectivity index (χ0n) is 18.1. The Morgan fingerprint density at radius 1 is 1.16 bits per heavy atom. The Balaban J connectivity index is 1.39. The van der Waals surface area contributed by atoms with Crippen LogP contribution in [0.4, 0.5) is 10.5 Å². The standard InChI is InChI=1S/C23H30N4O5/c1-31-18-4-2-17(3-5-18)26-23(30)27-20-7-6-19(32-21(20)15-28)10-13-25-22(29)14-16-8-11-24-12-9-16/h2-5,8-9,11-12,19-21,28H,6-7,10,13-15H2,1H3,(H,25,29)(H2,26,27,30)/t19-,20+,21-/m1/s1. The Morgan fingerprint density at radius 3 is 2.59 bits per heavy atom. The summed E-state index contributed by atoms with van der Waals surface area (Å²) in [4.78, 5) is 28.3. The number of rotatable bonds is 9. The van der Waals surface area contributed by atoms with Crippen LogP contribution in [0.3, 0.4) is 0 Å². The van der Waals surface area contributed by atoms with Crippen molar-refractivity contribution < 1.29 is 24.2 Å². The highest BCUT2D eigenvalue weighted by molar-refractivity contribution is 5.89. The van der Waals surface area contributed by atoms with Gasteiger partial charge in [-0.2, -0.15) is 0 Å². The molecule has 1 aliphatic rings. The summed E-state index contributed by atoms with van der Waals surface area (Å²) in [5, 5.41) is 18.3. The molecule has 3 rings (SSSR count). The van der Waals surface area contributed by atoms with Crippen LogP contribution in [0.2, 0.25) is 0 Å². The number of aliphatic hydroxyl groups is 1. The van der Waals surface area contributed by atoms with Gasteiger partial charge in [-0.15, -0.1) is 0 Å². The normalized spacial score (nSPS) is 20.2. The van der Waals surface area contributed by atoms with Gasteiger partial charge in [0.15, 0.2) is 0 Å². The van der Waals surface area contributed by atoms with Crippen molar-refractivity contribution in [2.45, 2.75) is 43.9 Å². The van der Waals surface area contributed by atoms with Crippen molar-refractivity contribution in [3.8, 4) is 5.75 Å². The van der Waals surface area contributed by atoms with Gasteiger partial charge in [-0.1, -0.05) is 0 Å². The molecule has 0 unspecified atom stereocenters. The predicted octanol–water partition coefficient (Wildman–Crippen LogP) is 1.87. The van der Waals surface area contributed by atoms with E-state index in [1.807, 2.05) is 12.1 Å². The largest absolute Gasteiger partial charge is 0.497 e. The van der Waals surface area contributed by atoms with E-state index in [0.717, 1.165) is 12.0 Å². The van der Waals surface area contributed by atoms with Crippen LogP contribution in [0.25, 0.3) is 0 Å². The van der Waals surface area contributed by atoms with Gasteiger partial charge < -0.3 is 30.5 Å². The molecule has 3 amide bonds. The average Bonchev–Trinajstić information content (AvgIpc) is 2.81. The lowest BCUT2D eigenvalue weighted by molar-refractivity contribution is -0.121. The summed E-state index contributed by atoms with van der Waals surface area (Å²) >= 11 is 0. The molecule has 1 aliphatic heterocycles. The Morgan fingerprint density at radius 2 is 1.91 bits per heavy atom. The summed E-state index contributed by atoms with van der Waals surface area (Å²) in [5.41, 5.74) is 1.55. The van der Waals surface area contributed by atoms with Crippen LogP contribution < -0.4 is 20.7 Å². The number of aromatic nitrogens is 1. The van der Waals surface area contributed by atoms with E-state index in [4.69, 9.17) is 9.47 Å². The Hall–Kier alpha value is -3.17. The molecule has 9 heteroatoms. The molecule has 1 aromatic carbocycles. The highest BCUT2D eigenvalue weighted by Crippen LogP contribution is 2.22. The van der Waals surface area contributed by atoms with E-state index in [0.29, 0.717) is 37.2 Å². The summed E-state index contributed by atoms with van der Waals surface area (Å²) < 4.78 is 11.1. The van der Waals surface area contributed by atoms with Crippen LogP contribution in [0, 0.1) is 0 Å². The van der Waals surface area contributed by atoms with Gasteiger partial charge in [0.05, 0.1) is 32.3 Å². The van der Waals surface area contributed by atoms with Gasteiger partial charge in [0.1, 0.15) is 11.9 Å². The molecule has 32 heavy (non-hydrogen) atoms. The Bertz CT molecular complexity index is 862. The van der Waals surface area contributed by atoms with Crippen molar-refractivity contribution in [2.24, 2.45) is 0 Å². The lowest BCUT2D eigenvalue weighted by atomic mass is 9.97. The highest BCUT2D eigenvalue weighted by atomic mass is 16.5. The van der Waals surface area contributed by atoms with Crippen molar-refractivity contribution in [3.63, 3.8) is 0 Å². The van der Waals surface area contributed by atoms with E-state index >= 15 is 0 Å². The van der Waals surface area contributed by atoms with Gasteiger partial charge in [-0.25, -0.2) is 4.79 Å². The summed E-state index contributed by atoms with van der Waals surface area (Å²) in [6, 6.07) is 9.99. The van der Waals surface area contributed by atoms with Gasteiger partial charge in [0.25, 0.3) is 0 Å². The first-order valence-electron chi connectivity index (χ1n) is 10.7. The second-order valence-electron chi connectivity index (χ2n) is 7.66. The molecule has 0 saturated carbocycles. The lowest BCUT2D eigenvalue weighted by Crippen LogP contribution is -2.52. The van der Waals surface area contributed by atoms with Gasteiger partial charge in [-0.05, 0) is 61.2 Å². The molecule has 0 spiro atoms. The van der Waals surface area contributed by atoms with Crippen LogP contribution in [0.5, 0.6) is 5.75 Å². The fourth-order valence-corrected chi connectivity index (χ4v) is 3.64. The van der Waals surface area contributed by atoms with Crippen LogP contribution in [-0.4, -0.2) is 60.5 Å². The molecule has 1 saturated heterocycles. The monoisotopic (exact) mass is 442 g/mol. The smallest absolute Gasteiger partial charge is 0.319 e. The topological polar surface area (TPSA) is 122 Å². The predicted molar refractivity (Wildman–Crippen MR) is 119 cm³/mol. The van der Waals surface area contributed by atoms with Crippen LogP contribution in [0.1, 0.15) is 24.8 Å². The van der Waals surface area contributed by atoms with E-state index in [9.17, 15) is 14.7 Å². The van der Waals surface area contributed by atoms with Gasteiger partial charge in [0.2, 0.25) is 5.91 Å². The molecule has 9 nitrogen and oxygen atoms in total. The number of anilines is 1. The van der Waals surface area contributed by atoms with Crippen molar-refractivity contribution in [3.05, 3.63) is 54.4 Å². The molecule has 2 aromatic rings. The van der Waals surface area contributed by atoms with Crippen LogP contribution in [0.15, 0.2) is 48.8 Å². The maximum atomic E-state index is 12.3. The first kappa shape index (κ1) is 23.5. The Labute approximate surface area is 187 Å². The number of amides is 3. The minimum Gasteiger partial charge on any atom is -0.497 e. The fraction of sp³-hybridized carbons (Fsp3) is 0.435. The molecule has 4 N–H and O–H groups in total. The fourth-order valence-electron chi connectivity index (χ4n) is 3.64. The number of hydrogen-bond donors (Lipinski definition) is 4. The summed E-state index contributed by atoms with van der Waals surface area (Å²) in [5.74, 6) is 0.650. The van der Waals surface area contributed by atoms with Gasteiger partial charge in [-0.3, -0.25) is 9.78 Å². The molecule has 172 valence electrons. The van der Waals surface area contributed by atoms with Crippen LogP contribution in [-0.2, 0) is 16.0 Å². The third-order valence-corrected chi connectivity index (χ3v) is 5.36. The molecule has 0 radical (unpaired) electrons. The quantitative estimate of drug-likeness (QED) is 0.470. The number of pyridine rings is 1. The molecule has 0 bridgehead atoms. The highest BCUT2D eigenvalue weighted by Gasteiger charge is 2.31. The van der Waals surface area contributed by atoms with Crippen molar-refractivity contribution in [2.75, 3.05) is 25.6 Å². The van der Waals surface area contributed by atoms with Gasteiger partial charge >= 0.3 is 6.03 Å². The van der Waals surface area contributed by atoms with Crippen molar-refractivity contribution >= 4 is 17.6 Å². The summed E-state index contributed by atoms with van der Waals surface area (Å²) in [7, 11) is 1.58. The molecular weight excluding hydrogens is 412 g/mol. The molecule has 2 heterocycles. The Kier molecular flexibility index (Phi) is 8.82. The number of ether oxygens (including phenoxy) is 2. The second kappa shape index (κ2) is 12.0. The number of benzene rings is 1. The van der Waals surface area contributed by atoms with E-state index in [-0.39, 0.29) is 30.7 Å². The number of methoxy groups -OCH3 is 1. The van der Waals surface area contributed by atoms with Crippen molar-refractivity contribution in [1.82, 2.24) is 15.6 Å². The van der Waals surface area contributed by atoms with E-state index in [2.05, 4.69) is 20.9 Å². The lowest BCUT2D eigenvalue weighted by Gasteiger charge is -2.36. The average molecular weight is 443 g/mol. The minimum atomic E-state index is -0.497. The molecule has 1 aromatic heterocycles. The maximum Gasteiger partial charge on any atom is 0.319 e. The summed E-state index contributed by atoms with van der Waals surface area (Å²) in [6.45, 7) is 0.293. The number of aliphatic hydroxyl groups excluding tert-OH is 1. The number of carbonyl (C=O) groups excluding carboxylic acids is 2. The van der Waals surface area contributed by atoms with Crippen LogP contribution >= 0.6 is 0 Å². The number of carbonyl (C=O) groups is 2. The molecule has 0 aliphatic carbocycles. The molecule has 3 atom stereocenters. The zero-order valence-corrected chi connectivity index (χ0v) is 18.1. The number of urea groups is 1. The molecule has 1 fully saturated rings. The summed E-state index contributed by atoms with van der Waals surface area (Å²) in [6.07, 6.45) is 5.09. The maximum absolute atomic E-state index is 12.3. The zero-order chi connectivity index (χ0) is 22.8. The minimum absolute atomic E-state index is 0.0551. The van der Waals surface area contributed by atoms with E-state index in [1.54, 1.807) is 43.8 Å². The van der Waals surface area contributed by atoms with Gasteiger partial charge in [0, 0.05) is 24.6 Å². The molecular formula is C23H30N4O5. The first-order chi connectivity index (χ1) is 15.6. The van der Waals surface area contributed by atoms with E-state index in [1.165, 1.54) is 0 Å². The number of hydrogen-bond acceptors (Lipinski definition) is 6. The first-order valence-corrected chi connectivity index (χ1v) is 10.7. The number of nitrogens with one attached hydrogen (secondary N) is 3. The third-order valence-electron chi connectivity index (χ3n) is 5.36. The number of nitrogens with zero attached hydrogens (tertiary/aromatic N) is 1. The van der Waals surface area contributed by atoms with E-state index < -0.39 is 6.10 Å². The third kappa shape index (κ3) is 7.21. The SMILES string of the molecule is COc1ccc(NC(=O)N[C@H]2CC[C@H](CCNC(=O)Cc3ccncc3)O[C@@H]2CO)cc1. The second-order valence-corrected chi connectivity index (χ2v) is 7.66.